The molecule has 1 aromatic heterocycles. The fraction of sp³-hybridized carbons (Fsp3) is 0.421. The number of hydrogen-bond donors (Lipinski definition) is 1. The molecule has 0 radical (unpaired) electrons. The molecule has 0 spiro atoms. The third-order valence-electron chi connectivity index (χ3n) is 4.39. The molecule has 0 saturated carbocycles. The summed E-state index contributed by atoms with van der Waals surface area (Å²) < 4.78 is 5.05. The zero-order valence-electron chi connectivity index (χ0n) is 15.0. The molecule has 1 aromatic carbocycles. The topological polar surface area (TPSA) is 71.5 Å². The molecule has 1 saturated heterocycles. The van der Waals surface area contributed by atoms with E-state index in [9.17, 15) is 9.59 Å². The predicted octanol–water partition coefficient (Wildman–Crippen LogP) is 3.40. The summed E-state index contributed by atoms with van der Waals surface area (Å²) in [6.45, 7) is 5.19. The summed E-state index contributed by atoms with van der Waals surface area (Å²) in [5, 5.41) is 5.97. The minimum Gasteiger partial charge on any atom is -0.462 e. The van der Waals surface area contributed by atoms with Crippen molar-refractivity contribution in [2.45, 2.75) is 32.7 Å². The Hall–Kier alpha value is -2.25. The number of carbonyl (C=O) groups excluding carboxylic acids is 2. The number of benzene rings is 1. The summed E-state index contributed by atoms with van der Waals surface area (Å²) in [4.78, 5) is 31.3. The van der Waals surface area contributed by atoms with Gasteiger partial charge in [0.15, 0.2) is 0 Å². The lowest BCUT2D eigenvalue weighted by atomic mass is 10.1. The van der Waals surface area contributed by atoms with Gasteiger partial charge in [0.2, 0.25) is 5.91 Å². The highest BCUT2D eigenvalue weighted by molar-refractivity contribution is 7.09. The summed E-state index contributed by atoms with van der Waals surface area (Å²) in [6, 6.07) is 7.10. The minimum atomic E-state index is -0.430. The molecule has 0 aliphatic carbocycles. The van der Waals surface area contributed by atoms with Crippen LogP contribution in [0.3, 0.4) is 0 Å². The van der Waals surface area contributed by atoms with Crippen LogP contribution >= 0.6 is 11.3 Å². The van der Waals surface area contributed by atoms with Crippen LogP contribution in [0.5, 0.6) is 0 Å². The van der Waals surface area contributed by atoms with E-state index in [2.05, 4.69) is 20.6 Å². The highest BCUT2D eigenvalue weighted by Crippen LogP contribution is 2.32. The van der Waals surface area contributed by atoms with Gasteiger partial charge in [-0.25, -0.2) is 9.78 Å². The van der Waals surface area contributed by atoms with Gasteiger partial charge in [-0.3, -0.25) is 9.69 Å². The van der Waals surface area contributed by atoms with Crippen LogP contribution < -0.4 is 5.32 Å². The molecule has 0 bridgehead atoms. The number of thiazole rings is 1. The maximum atomic E-state index is 12.6. The van der Waals surface area contributed by atoms with Gasteiger partial charge in [0, 0.05) is 5.38 Å². The van der Waals surface area contributed by atoms with Crippen LogP contribution in [-0.2, 0) is 9.53 Å². The van der Waals surface area contributed by atoms with Gasteiger partial charge in [0.1, 0.15) is 0 Å². The molecule has 26 heavy (non-hydrogen) atoms. The van der Waals surface area contributed by atoms with Gasteiger partial charge in [-0.2, -0.15) is 0 Å². The smallest absolute Gasteiger partial charge is 0.340 e. The SMILES string of the molecule is CCOC(=O)c1ccccc1NC(=O)CN1CCCC1c1csc(C)n1. The molecular weight excluding hydrogens is 350 g/mol. The monoisotopic (exact) mass is 373 g/mol. The first-order valence-electron chi connectivity index (χ1n) is 8.80. The number of aryl methyl sites for hydroxylation is 1. The number of nitrogens with zero attached hydrogens (tertiary/aromatic N) is 2. The Morgan fingerprint density at radius 3 is 2.92 bits per heavy atom. The van der Waals surface area contributed by atoms with Gasteiger partial charge >= 0.3 is 5.97 Å². The van der Waals surface area contributed by atoms with Crippen molar-refractivity contribution in [3.05, 3.63) is 45.9 Å². The number of rotatable bonds is 6. The molecule has 138 valence electrons. The summed E-state index contributed by atoms with van der Waals surface area (Å²) in [5.41, 5.74) is 1.90. The van der Waals surface area contributed by atoms with Crippen LogP contribution in [0.2, 0.25) is 0 Å². The van der Waals surface area contributed by atoms with Crippen molar-refractivity contribution in [3.8, 4) is 0 Å². The fourth-order valence-corrected chi connectivity index (χ4v) is 3.90. The number of ether oxygens (including phenoxy) is 1. The maximum Gasteiger partial charge on any atom is 0.340 e. The molecule has 1 aliphatic rings. The molecular formula is C19H23N3O3S. The Morgan fingerprint density at radius 2 is 2.19 bits per heavy atom. The second kappa shape index (κ2) is 8.42. The van der Waals surface area contributed by atoms with Crippen molar-refractivity contribution in [3.63, 3.8) is 0 Å². The first-order chi connectivity index (χ1) is 12.6. The molecule has 1 unspecified atom stereocenters. The second-order valence-corrected chi connectivity index (χ2v) is 7.30. The van der Waals surface area contributed by atoms with Gasteiger partial charge in [-0.1, -0.05) is 12.1 Å². The first kappa shape index (κ1) is 18.5. The number of esters is 1. The van der Waals surface area contributed by atoms with Crippen molar-refractivity contribution in [1.82, 2.24) is 9.88 Å². The average Bonchev–Trinajstić information content (AvgIpc) is 3.24. The minimum absolute atomic E-state index is 0.138. The Bertz CT molecular complexity index is 790. The number of aromatic nitrogens is 1. The van der Waals surface area contributed by atoms with Crippen molar-refractivity contribution in [2.24, 2.45) is 0 Å². The average molecular weight is 373 g/mol. The Morgan fingerprint density at radius 1 is 1.38 bits per heavy atom. The van der Waals surface area contributed by atoms with E-state index in [1.807, 2.05) is 6.92 Å². The number of nitrogens with one attached hydrogen (secondary N) is 1. The van der Waals surface area contributed by atoms with E-state index >= 15 is 0 Å². The van der Waals surface area contributed by atoms with E-state index < -0.39 is 5.97 Å². The lowest BCUT2D eigenvalue weighted by molar-refractivity contribution is -0.117. The van der Waals surface area contributed by atoms with Crippen molar-refractivity contribution in [1.29, 1.82) is 0 Å². The Kier molecular flexibility index (Phi) is 6.00. The van der Waals surface area contributed by atoms with Crippen molar-refractivity contribution in [2.75, 3.05) is 25.0 Å². The van der Waals surface area contributed by atoms with Gasteiger partial charge < -0.3 is 10.1 Å². The fourth-order valence-electron chi connectivity index (χ4n) is 3.24. The third kappa shape index (κ3) is 4.28. The van der Waals surface area contributed by atoms with Crippen LogP contribution in [0.15, 0.2) is 29.6 Å². The molecule has 1 fully saturated rings. The van der Waals surface area contributed by atoms with Crippen molar-refractivity contribution < 1.29 is 14.3 Å². The van der Waals surface area contributed by atoms with Crippen LogP contribution in [-0.4, -0.2) is 41.5 Å². The van der Waals surface area contributed by atoms with Crippen LogP contribution in [0.1, 0.15) is 46.9 Å². The molecule has 6 nitrogen and oxygen atoms in total. The quantitative estimate of drug-likeness (QED) is 0.786. The van der Waals surface area contributed by atoms with E-state index in [4.69, 9.17) is 4.74 Å². The first-order valence-corrected chi connectivity index (χ1v) is 9.68. The maximum absolute atomic E-state index is 12.6. The number of likely N-dealkylation sites (tertiary alicyclic amines) is 1. The Balaban J connectivity index is 1.67. The molecule has 2 heterocycles. The largest absolute Gasteiger partial charge is 0.462 e. The van der Waals surface area contributed by atoms with Crippen molar-refractivity contribution >= 4 is 28.9 Å². The van der Waals surface area contributed by atoms with Gasteiger partial charge in [0.25, 0.3) is 0 Å². The highest BCUT2D eigenvalue weighted by Gasteiger charge is 2.29. The van der Waals surface area contributed by atoms with Crippen LogP contribution in [0, 0.1) is 6.92 Å². The number of anilines is 1. The number of carbonyl (C=O) groups is 2. The second-order valence-electron chi connectivity index (χ2n) is 6.23. The lowest BCUT2D eigenvalue weighted by Crippen LogP contribution is -2.33. The molecule has 7 heteroatoms. The third-order valence-corrected chi connectivity index (χ3v) is 5.18. The summed E-state index contributed by atoms with van der Waals surface area (Å²) in [6.07, 6.45) is 2.06. The molecule has 1 N–H and O–H groups in total. The van der Waals surface area contributed by atoms with Crippen LogP contribution in [0.4, 0.5) is 5.69 Å². The highest BCUT2D eigenvalue weighted by atomic mass is 32.1. The number of para-hydroxylation sites is 1. The molecule has 1 aliphatic heterocycles. The summed E-state index contributed by atoms with van der Waals surface area (Å²) >= 11 is 1.63. The molecule has 2 aromatic rings. The van der Waals surface area contributed by atoms with Gasteiger partial charge in [0.05, 0.1) is 41.1 Å². The lowest BCUT2D eigenvalue weighted by Gasteiger charge is -2.22. The van der Waals surface area contributed by atoms with E-state index in [1.54, 1.807) is 42.5 Å². The van der Waals surface area contributed by atoms with E-state index in [-0.39, 0.29) is 18.5 Å². The molecule has 3 rings (SSSR count). The van der Waals surface area contributed by atoms with Gasteiger partial charge in [-0.15, -0.1) is 11.3 Å². The summed E-state index contributed by atoms with van der Waals surface area (Å²) in [7, 11) is 0. The van der Waals surface area contributed by atoms with Crippen LogP contribution in [0.25, 0.3) is 0 Å². The number of hydrogen-bond acceptors (Lipinski definition) is 6. The Labute approximate surface area is 157 Å². The number of amides is 1. The standard InChI is InChI=1S/C19H23N3O3S/c1-3-25-19(24)14-7-4-5-8-15(14)21-18(23)11-22-10-6-9-17(22)16-12-26-13(2)20-16/h4-5,7-8,12,17H,3,6,9-11H2,1-2H3,(H,21,23). The molecule has 1 amide bonds. The predicted molar refractivity (Wildman–Crippen MR) is 101 cm³/mol. The normalized spacial score (nSPS) is 17.2. The van der Waals surface area contributed by atoms with E-state index in [1.165, 1.54) is 0 Å². The van der Waals surface area contributed by atoms with Gasteiger partial charge in [-0.05, 0) is 45.4 Å². The molecule has 1 atom stereocenters. The summed E-state index contributed by atoms with van der Waals surface area (Å²) in [5.74, 6) is -0.569. The van der Waals surface area contributed by atoms with E-state index in [0.29, 0.717) is 17.9 Å². The zero-order chi connectivity index (χ0) is 18.5. The zero-order valence-corrected chi connectivity index (χ0v) is 15.8. The van der Waals surface area contributed by atoms with E-state index in [0.717, 1.165) is 30.1 Å².